The number of urea groups is 1. The molecule has 3 rings (SSSR count). The number of nitrogens with zero attached hydrogens (tertiary/aromatic N) is 5. The Morgan fingerprint density at radius 2 is 2.23 bits per heavy atom. The molecule has 0 saturated heterocycles. The molecule has 110 valence electrons. The molecular weight excluding hydrogens is 288 g/mol. The van der Waals surface area contributed by atoms with Gasteiger partial charge < -0.3 is 5.73 Å². The summed E-state index contributed by atoms with van der Waals surface area (Å²) in [6.07, 6.45) is 7.19. The molecule has 2 aliphatic rings. The highest BCUT2D eigenvalue weighted by Gasteiger charge is 2.32. The molecule has 1 atom stereocenters. The monoisotopic (exact) mass is 298 g/mol. The van der Waals surface area contributed by atoms with Crippen molar-refractivity contribution in [2.75, 3.05) is 5.32 Å². The van der Waals surface area contributed by atoms with E-state index in [2.05, 4.69) is 35.8 Å². The number of aromatic nitrogens is 2. The first kappa shape index (κ1) is 13.5. The topological polar surface area (TPSA) is 147 Å². The fourth-order valence-electron chi connectivity index (χ4n) is 1.83. The van der Waals surface area contributed by atoms with Crippen molar-refractivity contribution in [3.05, 3.63) is 30.7 Å². The molecule has 0 spiro atoms. The molecular formula is C12H10N8O2. The standard InChI is InChI=1S/C12H10N8O2/c13-11-18-9-6(19-20-11)1-2-7(10(9)21)16-12(22)17-8-5-14-3-4-15-8/h1-5,9H,(H3,13,18,20)(H,15,17,22). The highest BCUT2D eigenvalue weighted by atomic mass is 16.2. The zero-order valence-corrected chi connectivity index (χ0v) is 11.1. The fraction of sp³-hybridized carbons (Fsp3) is 0.0833. The number of carbonyl (C=O) groups excluding carboxylic acids is 2. The van der Waals surface area contributed by atoms with E-state index < -0.39 is 17.9 Å². The van der Waals surface area contributed by atoms with Crippen LogP contribution in [-0.4, -0.2) is 45.2 Å². The summed E-state index contributed by atoms with van der Waals surface area (Å²) in [5.41, 5.74) is 8.31. The Balaban J connectivity index is 1.80. The molecule has 2 amide bonds. The van der Waals surface area contributed by atoms with Gasteiger partial charge in [0.15, 0.2) is 11.9 Å². The van der Waals surface area contributed by atoms with Crippen LogP contribution in [0.15, 0.2) is 45.8 Å². The van der Waals surface area contributed by atoms with Crippen molar-refractivity contribution in [1.29, 1.82) is 0 Å². The van der Waals surface area contributed by atoms with Gasteiger partial charge in [0.25, 0.3) is 0 Å². The Morgan fingerprint density at radius 3 is 3.00 bits per heavy atom. The number of nitrogens with one attached hydrogen (secondary N) is 2. The lowest BCUT2D eigenvalue weighted by Crippen LogP contribution is -2.44. The lowest BCUT2D eigenvalue weighted by atomic mass is 9.97. The van der Waals surface area contributed by atoms with Crippen LogP contribution in [0.2, 0.25) is 0 Å². The van der Waals surface area contributed by atoms with Gasteiger partial charge in [-0.15, -0.1) is 0 Å². The second-order valence-corrected chi connectivity index (χ2v) is 4.28. The largest absolute Gasteiger partial charge is 0.368 e. The summed E-state index contributed by atoms with van der Waals surface area (Å²) in [7, 11) is 0. The van der Waals surface area contributed by atoms with Crippen molar-refractivity contribution in [2.24, 2.45) is 20.8 Å². The molecule has 2 heterocycles. The van der Waals surface area contributed by atoms with Crippen LogP contribution >= 0.6 is 0 Å². The number of carbonyl (C=O) groups is 2. The number of nitrogens with two attached hydrogens (primary N) is 1. The Kier molecular flexibility index (Phi) is 3.40. The summed E-state index contributed by atoms with van der Waals surface area (Å²) in [4.78, 5) is 39.4. The summed E-state index contributed by atoms with van der Waals surface area (Å²) < 4.78 is 0. The molecule has 22 heavy (non-hydrogen) atoms. The molecule has 4 N–H and O–H groups in total. The van der Waals surface area contributed by atoms with Gasteiger partial charge >= 0.3 is 6.03 Å². The normalized spacial score (nSPS) is 21.5. The molecule has 0 fully saturated rings. The van der Waals surface area contributed by atoms with Crippen LogP contribution in [0.1, 0.15) is 0 Å². The third-order valence-electron chi connectivity index (χ3n) is 2.78. The number of guanidine groups is 1. The lowest BCUT2D eigenvalue weighted by molar-refractivity contribution is -0.112. The lowest BCUT2D eigenvalue weighted by Gasteiger charge is -2.20. The molecule has 0 aromatic carbocycles. The van der Waals surface area contributed by atoms with E-state index in [9.17, 15) is 9.59 Å². The van der Waals surface area contributed by atoms with Crippen LogP contribution in [0.3, 0.4) is 0 Å². The van der Waals surface area contributed by atoms with Crippen LogP contribution in [-0.2, 0) is 4.79 Å². The molecule has 1 aliphatic heterocycles. The first-order valence-corrected chi connectivity index (χ1v) is 6.18. The zero-order valence-electron chi connectivity index (χ0n) is 11.1. The number of Topliss-reactive ketones (excluding diaryl/α,β-unsaturated/α-hetero) is 1. The Hall–Kier alpha value is -3.43. The number of allylic oxidation sites excluding steroid dienone is 1. The number of hydrazone groups is 1. The molecule has 0 bridgehead atoms. The van der Waals surface area contributed by atoms with Gasteiger partial charge in [0.2, 0.25) is 11.7 Å². The van der Waals surface area contributed by atoms with Crippen molar-refractivity contribution in [3.63, 3.8) is 0 Å². The summed E-state index contributed by atoms with van der Waals surface area (Å²) >= 11 is 0. The molecule has 0 saturated carbocycles. The van der Waals surface area contributed by atoms with Crippen LogP contribution in [0.4, 0.5) is 10.6 Å². The van der Waals surface area contributed by atoms with E-state index >= 15 is 0 Å². The molecule has 1 aliphatic carbocycles. The van der Waals surface area contributed by atoms with Crippen molar-refractivity contribution >= 4 is 35.0 Å². The van der Waals surface area contributed by atoms with Crippen molar-refractivity contribution in [1.82, 2.24) is 15.4 Å². The number of aliphatic imine (C=N–C) groups is 2. The van der Waals surface area contributed by atoms with E-state index in [4.69, 9.17) is 5.73 Å². The summed E-state index contributed by atoms with van der Waals surface area (Å²) in [5.74, 6) is -0.198. The van der Waals surface area contributed by atoms with E-state index in [0.717, 1.165) is 0 Å². The highest BCUT2D eigenvalue weighted by molar-refractivity contribution is 6.54. The van der Waals surface area contributed by atoms with Gasteiger partial charge in [0, 0.05) is 12.4 Å². The average molecular weight is 298 g/mol. The third-order valence-corrected chi connectivity index (χ3v) is 2.78. The van der Waals surface area contributed by atoms with Gasteiger partial charge in [-0.1, -0.05) is 0 Å². The van der Waals surface area contributed by atoms with Crippen molar-refractivity contribution in [3.8, 4) is 0 Å². The number of amides is 2. The van der Waals surface area contributed by atoms with Crippen molar-refractivity contribution in [2.45, 2.75) is 6.04 Å². The van der Waals surface area contributed by atoms with E-state index in [1.807, 2.05) is 0 Å². The van der Waals surface area contributed by atoms with Gasteiger partial charge in [-0.05, 0) is 12.2 Å². The van der Waals surface area contributed by atoms with Crippen LogP contribution in [0.5, 0.6) is 0 Å². The molecule has 10 nitrogen and oxygen atoms in total. The predicted octanol–water partition coefficient (Wildman–Crippen LogP) is -0.769. The van der Waals surface area contributed by atoms with Crippen LogP contribution in [0, 0.1) is 0 Å². The molecule has 1 aromatic heterocycles. The number of fused-ring (bicyclic) bond motifs is 1. The zero-order chi connectivity index (χ0) is 15.5. The summed E-state index contributed by atoms with van der Waals surface area (Å²) in [6.45, 7) is 0. The first-order chi connectivity index (χ1) is 10.6. The number of anilines is 1. The van der Waals surface area contributed by atoms with Gasteiger partial charge in [-0.25, -0.2) is 20.2 Å². The van der Waals surface area contributed by atoms with E-state index in [1.54, 1.807) is 6.08 Å². The second-order valence-electron chi connectivity index (χ2n) is 4.28. The summed E-state index contributed by atoms with van der Waals surface area (Å²) in [6, 6.07) is -1.62. The van der Waals surface area contributed by atoms with Crippen LogP contribution in [0.25, 0.3) is 0 Å². The highest BCUT2D eigenvalue weighted by Crippen LogP contribution is 2.11. The second kappa shape index (κ2) is 5.52. The minimum absolute atomic E-state index is 0.0285. The number of hydrogen-bond donors (Lipinski definition) is 3. The van der Waals surface area contributed by atoms with Gasteiger partial charge in [0.1, 0.15) is 5.71 Å². The molecule has 1 aromatic rings. The Morgan fingerprint density at radius 1 is 1.36 bits per heavy atom. The van der Waals surface area contributed by atoms with E-state index in [0.29, 0.717) is 5.71 Å². The van der Waals surface area contributed by atoms with Gasteiger partial charge in [-0.2, -0.15) is 10.1 Å². The maximum atomic E-state index is 12.2. The number of hydrogen-bond acceptors (Lipinski definition) is 8. The maximum Gasteiger partial charge on any atom is 0.347 e. The molecule has 10 heteroatoms. The first-order valence-electron chi connectivity index (χ1n) is 6.18. The Bertz CT molecular complexity index is 750. The Labute approximate surface area is 124 Å². The van der Waals surface area contributed by atoms with Crippen LogP contribution < -0.4 is 16.5 Å². The maximum absolute atomic E-state index is 12.2. The number of rotatable bonds is 1. The third kappa shape index (κ3) is 2.70. The molecule has 0 radical (unpaired) electrons. The van der Waals surface area contributed by atoms with E-state index in [-0.39, 0.29) is 17.5 Å². The minimum atomic E-state index is -0.880. The minimum Gasteiger partial charge on any atom is -0.368 e. The van der Waals surface area contributed by atoms with Gasteiger partial charge in [-0.3, -0.25) is 15.1 Å². The summed E-state index contributed by atoms with van der Waals surface area (Å²) in [5, 5.41) is 6.29. The van der Waals surface area contributed by atoms with Gasteiger partial charge in [0.05, 0.1) is 11.9 Å². The molecule has 1 unspecified atom stereocenters. The van der Waals surface area contributed by atoms with E-state index in [1.165, 1.54) is 24.7 Å². The van der Waals surface area contributed by atoms with Crippen molar-refractivity contribution < 1.29 is 9.59 Å². The SMILES string of the molecule is NC1=NC2C(=O)C(=NC(=O)Nc3cnccn3)C=CC2=NN1. The number of ketones is 1. The quantitative estimate of drug-likeness (QED) is 0.620. The smallest absolute Gasteiger partial charge is 0.347 e. The predicted molar refractivity (Wildman–Crippen MR) is 78.6 cm³/mol. The average Bonchev–Trinajstić information content (AvgIpc) is 2.51. The fourth-order valence-corrected chi connectivity index (χ4v) is 1.83.